The Bertz CT molecular complexity index is 228. The number of rotatable bonds is 5. The number of nitrogens with zero attached hydrogens (tertiary/aromatic N) is 1. The second-order valence-corrected chi connectivity index (χ2v) is 6.79. The van der Waals surface area contributed by atoms with Crippen LogP contribution in [0, 0.1) is 5.92 Å². The summed E-state index contributed by atoms with van der Waals surface area (Å²) in [4.78, 5) is 2.45. The zero-order valence-electron chi connectivity index (χ0n) is 13.0. The van der Waals surface area contributed by atoms with Crippen LogP contribution in [0.15, 0.2) is 0 Å². The van der Waals surface area contributed by atoms with Crippen LogP contribution in [-0.4, -0.2) is 50.2 Å². The zero-order valence-corrected chi connectivity index (χ0v) is 13.0. The lowest BCUT2D eigenvalue weighted by atomic mass is 9.96. The van der Waals surface area contributed by atoms with Gasteiger partial charge in [0.25, 0.3) is 0 Å². The molecule has 0 amide bonds. The van der Waals surface area contributed by atoms with Gasteiger partial charge < -0.3 is 15.5 Å². The topological polar surface area (TPSA) is 27.3 Å². The van der Waals surface area contributed by atoms with Crippen molar-refractivity contribution >= 4 is 0 Å². The maximum atomic E-state index is 3.78. The summed E-state index contributed by atoms with van der Waals surface area (Å²) in [5.41, 5.74) is 0. The Labute approximate surface area is 119 Å². The van der Waals surface area contributed by atoms with Crippen molar-refractivity contribution in [2.75, 3.05) is 33.2 Å². The third-order valence-corrected chi connectivity index (χ3v) is 4.89. The third kappa shape index (κ3) is 5.80. The molecule has 2 saturated heterocycles. The molecule has 19 heavy (non-hydrogen) atoms. The van der Waals surface area contributed by atoms with Crippen molar-refractivity contribution in [3.8, 4) is 0 Å². The van der Waals surface area contributed by atoms with E-state index in [-0.39, 0.29) is 0 Å². The molecule has 0 aliphatic carbocycles. The van der Waals surface area contributed by atoms with Crippen LogP contribution in [0.25, 0.3) is 0 Å². The van der Waals surface area contributed by atoms with Gasteiger partial charge in [0, 0.05) is 12.1 Å². The molecule has 0 radical (unpaired) electrons. The minimum absolute atomic E-state index is 0.662. The first-order valence-corrected chi connectivity index (χ1v) is 8.39. The van der Waals surface area contributed by atoms with Gasteiger partial charge in [-0.15, -0.1) is 0 Å². The van der Waals surface area contributed by atoms with Crippen LogP contribution in [-0.2, 0) is 0 Å². The highest BCUT2D eigenvalue weighted by atomic mass is 15.1. The van der Waals surface area contributed by atoms with Crippen molar-refractivity contribution in [1.82, 2.24) is 15.5 Å². The maximum Gasteiger partial charge on any atom is 0.00817 e. The Morgan fingerprint density at radius 3 is 2.74 bits per heavy atom. The molecule has 2 heterocycles. The normalized spacial score (nSPS) is 29.1. The van der Waals surface area contributed by atoms with Crippen LogP contribution >= 0.6 is 0 Å². The predicted octanol–water partition coefficient (Wildman–Crippen LogP) is 2.23. The Morgan fingerprint density at radius 1 is 1.16 bits per heavy atom. The molecule has 2 aliphatic heterocycles. The molecule has 2 fully saturated rings. The number of hydrogen-bond acceptors (Lipinski definition) is 3. The van der Waals surface area contributed by atoms with Crippen molar-refractivity contribution in [3.63, 3.8) is 0 Å². The fourth-order valence-electron chi connectivity index (χ4n) is 3.45. The molecule has 2 atom stereocenters. The minimum Gasteiger partial charge on any atom is -0.314 e. The molecule has 0 spiro atoms. The Morgan fingerprint density at radius 2 is 1.95 bits per heavy atom. The van der Waals surface area contributed by atoms with Gasteiger partial charge in [-0.2, -0.15) is 0 Å². The summed E-state index contributed by atoms with van der Waals surface area (Å²) in [5.74, 6) is 0.903. The average Bonchev–Trinajstić information content (AvgIpc) is 2.67. The molecule has 0 aromatic rings. The van der Waals surface area contributed by atoms with E-state index in [0.717, 1.165) is 12.0 Å². The lowest BCUT2D eigenvalue weighted by molar-refractivity contribution is 0.211. The maximum absolute atomic E-state index is 3.78. The number of likely N-dealkylation sites (tertiary alicyclic amines) is 1. The molecular formula is C16H33N3. The molecule has 2 unspecified atom stereocenters. The molecule has 3 heteroatoms. The Hall–Kier alpha value is -0.120. The summed E-state index contributed by atoms with van der Waals surface area (Å²) in [7, 11) is 2.24. The van der Waals surface area contributed by atoms with Crippen molar-refractivity contribution in [3.05, 3.63) is 0 Å². The monoisotopic (exact) mass is 267 g/mol. The lowest BCUT2D eigenvalue weighted by Gasteiger charge is -2.30. The summed E-state index contributed by atoms with van der Waals surface area (Å²) in [6.07, 6.45) is 9.62. The first kappa shape index (κ1) is 15.3. The van der Waals surface area contributed by atoms with Crippen LogP contribution in [0.1, 0.15) is 51.9 Å². The molecule has 112 valence electrons. The predicted molar refractivity (Wildman–Crippen MR) is 82.6 cm³/mol. The molecule has 0 aromatic carbocycles. The van der Waals surface area contributed by atoms with Gasteiger partial charge in [-0.05, 0) is 78.2 Å². The van der Waals surface area contributed by atoms with Gasteiger partial charge in [-0.3, -0.25) is 0 Å². The summed E-state index contributed by atoms with van der Waals surface area (Å²) in [5, 5.41) is 7.49. The van der Waals surface area contributed by atoms with Crippen molar-refractivity contribution in [1.29, 1.82) is 0 Å². The molecule has 2 N–H and O–H groups in total. The van der Waals surface area contributed by atoms with E-state index in [1.807, 2.05) is 0 Å². The van der Waals surface area contributed by atoms with Crippen molar-refractivity contribution < 1.29 is 0 Å². The average molecular weight is 267 g/mol. The number of piperidine rings is 1. The van der Waals surface area contributed by atoms with E-state index in [1.165, 1.54) is 71.1 Å². The lowest BCUT2D eigenvalue weighted by Crippen LogP contribution is -2.40. The van der Waals surface area contributed by atoms with Gasteiger partial charge in [0.1, 0.15) is 0 Å². The summed E-state index contributed by atoms with van der Waals surface area (Å²) in [6, 6.07) is 1.41. The van der Waals surface area contributed by atoms with E-state index in [2.05, 4.69) is 29.5 Å². The van der Waals surface area contributed by atoms with Crippen LogP contribution in [0.5, 0.6) is 0 Å². The Kier molecular flexibility index (Phi) is 6.62. The van der Waals surface area contributed by atoms with Gasteiger partial charge in [-0.25, -0.2) is 0 Å². The molecule has 2 rings (SSSR count). The van der Waals surface area contributed by atoms with Crippen LogP contribution in [0.4, 0.5) is 0 Å². The number of nitrogens with one attached hydrogen (secondary N) is 2. The highest BCUT2D eigenvalue weighted by Crippen LogP contribution is 2.16. The van der Waals surface area contributed by atoms with E-state index >= 15 is 0 Å². The van der Waals surface area contributed by atoms with E-state index in [4.69, 9.17) is 0 Å². The molecule has 0 bridgehead atoms. The van der Waals surface area contributed by atoms with Crippen LogP contribution in [0.2, 0.25) is 0 Å². The fourth-order valence-corrected chi connectivity index (χ4v) is 3.45. The van der Waals surface area contributed by atoms with Gasteiger partial charge in [-0.1, -0.05) is 12.8 Å². The highest BCUT2D eigenvalue weighted by molar-refractivity contribution is 4.78. The van der Waals surface area contributed by atoms with Crippen LogP contribution in [0.3, 0.4) is 0 Å². The highest BCUT2D eigenvalue weighted by Gasteiger charge is 2.18. The van der Waals surface area contributed by atoms with Gasteiger partial charge in [0.15, 0.2) is 0 Å². The van der Waals surface area contributed by atoms with E-state index in [1.54, 1.807) is 0 Å². The summed E-state index contributed by atoms with van der Waals surface area (Å²) in [6.45, 7) is 7.38. The second kappa shape index (κ2) is 8.23. The van der Waals surface area contributed by atoms with Crippen LogP contribution < -0.4 is 10.6 Å². The van der Waals surface area contributed by atoms with E-state index in [9.17, 15) is 0 Å². The molecule has 3 nitrogen and oxygen atoms in total. The molecule has 2 aliphatic rings. The number of hydrogen-bond donors (Lipinski definition) is 2. The summed E-state index contributed by atoms with van der Waals surface area (Å²) < 4.78 is 0. The first-order chi connectivity index (χ1) is 9.24. The fraction of sp³-hybridized carbons (Fsp3) is 1.00. The van der Waals surface area contributed by atoms with Crippen molar-refractivity contribution in [2.24, 2.45) is 5.92 Å². The zero-order chi connectivity index (χ0) is 13.5. The summed E-state index contributed by atoms with van der Waals surface area (Å²) >= 11 is 0. The van der Waals surface area contributed by atoms with E-state index < -0.39 is 0 Å². The first-order valence-electron chi connectivity index (χ1n) is 8.39. The van der Waals surface area contributed by atoms with Gasteiger partial charge in [0.05, 0.1) is 0 Å². The standard InChI is InChI=1S/C16H33N3/c1-14(12-16-6-4-3-5-9-17-16)18-13-15-7-10-19(2)11-8-15/h14-18H,3-13H2,1-2H3. The van der Waals surface area contributed by atoms with Gasteiger partial charge in [0.2, 0.25) is 0 Å². The second-order valence-electron chi connectivity index (χ2n) is 6.79. The minimum atomic E-state index is 0.662. The third-order valence-electron chi connectivity index (χ3n) is 4.89. The smallest absolute Gasteiger partial charge is 0.00817 e. The molecule has 0 saturated carbocycles. The molecule has 0 aromatic heterocycles. The molecular weight excluding hydrogens is 234 g/mol. The Balaban J connectivity index is 1.59. The van der Waals surface area contributed by atoms with E-state index in [0.29, 0.717) is 6.04 Å². The van der Waals surface area contributed by atoms with Gasteiger partial charge >= 0.3 is 0 Å². The largest absolute Gasteiger partial charge is 0.314 e. The van der Waals surface area contributed by atoms with Crippen molar-refractivity contribution in [2.45, 2.75) is 64.0 Å². The SMILES string of the molecule is CC(CC1CCCCCN1)NCC1CCN(C)CC1. The quantitative estimate of drug-likeness (QED) is 0.800.